The van der Waals surface area contributed by atoms with Crippen molar-refractivity contribution in [3.63, 3.8) is 0 Å². The van der Waals surface area contributed by atoms with Gasteiger partial charge in [-0.15, -0.1) is 0 Å². The highest BCUT2D eigenvalue weighted by Gasteiger charge is 2.72. The van der Waals surface area contributed by atoms with Crippen molar-refractivity contribution in [3.8, 4) is 0 Å². The minimum absolute atomic E-state index is 0.0585. The first-order chi connectivity index (χ1) is 30.1. The molecule has 0 aromatic carbocycles. The van der Waals surface area contributed by atoms with Gasteiger partial charge >= 0.3 is 0 Å². The Kier molecular flexibility index (Phi) is 13.7. The molecule has 8 fully saturated rings. The van der Waals surface area contributed by atoms with Crippen molar-refractivity contribution in [3.05, 3.63) is 0 Å². The fraction of sp³-hybridized carbons (Fsp3) is 1.00. The molecule has 376 valence electrons. The van der Waals surface area contributed by atoms with Crippen LogP contribution in [0, 0.1) is 45.3 Å². The zero-order chi connectivity index (χ0) is 47.7. The second kappa shape index (κ2) is 17.6. The smallest absolute Gasteiger partial charge is 0.187 e. The van der Waals surface area contributed by atoms with Crippen LogP contribution in [0.15, 0.2) is 0 Å². The van der Waals surface area contributed by atoms with Crippen molar-refractivity contribution < 1.29 is 84.2 Å². The predicted molar refractivity (Wildman–Crippen MR) is 230 cm³/mol. The number of hydrogen-bond acceptors (Lipinski definition) is 17. The van der Waals surface area contributed by atoms with E-state index in [0.29, 0.717) is 12.8 Å². The van der Waals surface area contributed by atoms with Gasteiger partial charge in [0.05, 0.1) is 48.3 Å². The number of aliphatic hydroxyl groups excluding tert-OH is 9. The largest absolute Gasteiger partial charge is 0.394 e. The summed E-state index contributed by atoms with van der Waals surface area (Å²) in [5, 5.41) is 110. The SMILES string of the molecule is CC1OC(OC2C(OC3CCC4(C)C(CCC5(C)C4CC(O)C4C(C6(C)CCC(C(C)(C)O)O6)CCC45C)C3(C)C)OC(CO)C(O)C2OC2OC(C)C(O)C(O)C2O)C(O)C(O)C1O. The second-order valence-electron chi connectivity index (χ2n) is 23.8. The van der Waals surface area contributed by atoms with Crippen molar-refractivity contribution in [1.29, 1.82) is 0 Å². The lowest BCUT2D eigenvalue weighted by molar-refractivity contribution is -0.397. The molecule has 4 aliphatic carbocycles. The molecule has 0 spiro atoms. The third-order valence-electron chi connectivity index (χ3n) is 19.5. The number of fused-ring (bicyclic) bond motifs is 5. The van der Waals surface area contributed by atoms with E-state index in [0.717, 1.165) is 44.9 Å². The first-order valence-electron chi connectivity index (χ1n) is 24.5. The molecule has 8 rings (SSSR count). The Bertz CT molecular complexity index is 1680. The predicted octanol–water partition coefficient (Wildman–Crippen LogP) is 1.24. The fourth-order valence-electron chi connectivity index (χ4n) is 15.5. The third kappa shape index (κ3) is 8.11. The number of rotatable bonds is 9. The highest BCUT2D eigenvalue weighted by molar-refractivity contribution is 5.21. The van der Waals surface area contributed by atoms with Crippen LogP contribution in [0.5, 0.6) is 0 Å². The van der Waals surface area contributed by atoms with Crippen LogP contribution >= 0.6 is 0 Å². The van der Waals surface area contributed by atoms with Gasteiger partial charge in [-0.2, -0.15) is 0 Å². The normalized spacial score (nSPS) is 57.0. The Morgan fingerprint density at radius 1 is 0.585 bits per heavy atom. The summed E-state index contributed by atoms with van der Waals surface area (Å²) in [5.41, 5.74) is -2.29. The van der Waals surface area contributed by atoms with Crippen LogP contribution in [0.1, 0.15) is 127 Å². The maximum Gasteiger partial charge on any atom is 0.187 e. The van der Waals surface area contributed by atoms with E-state index in [1.165, 1.54) is 13.8 Å². The molecule has 0 amide bonds. The lowest BCUT2D eigenvalue weighted by Crippen LogP contribution is -2.68. The molecule has 4 aliphatic heterocycles. The number of ether oxygens (including phenoxy) is 7. The lowest BCUT2D eigenvalue weighted by Gasteiger charge is -2.71. The van der Waals surface area contributed by atoms with Gasteiger partial charge in [0.2, 0.25) is 0 Å². The Morgan fingerprint density at radius 2 is 1.15 bits per heavy atom. The van der Waals surface area contributed by atoms with E-state index in [4.69, 9.17) is 33.2 Å². The van der Waals surface area contributed by atoms with Gasteiger partial charge in [-0.05, 0) is 138 Å². The highest BCUT2D eigenvalue weighted by atomic mass is 16.8. The summed E-state index contributed by atoms with van der Waals surface area (Å²) in [6, 6.07) is 0. The zero-order valence-corrected chi connectivity index (χ0v) is 40.1. The first kappa shape index (κ1) is 50.7. The van der Waals surface area contributed by atoms with Gasteiger partial charge in [-0.1, -0.05) is 34.6 Å². The van der Waals surface area contributed by atoms with E-state index in [9.17, 15) is 51.1 Å². The van der Waals surface area contributed by atoms with Crippen LogP contribution in [0.2, 0.25) is 0 Å². The van der Waals surface area contributed by atoms with Gasteiger partial charge in [0.1, 0.15) is 61.0 Å². The van der Waals surface area contributed by atoms with Crippen LogP contribution < -0.4 is 0 Å². The highest BCUT2D eigenvalue weighted by Crippen LogP contribution is 2.76. The van der Waals surface area contributed by atoms with Gasteiger partial charge in [0.15, 0.2) is 18.9 Å². The summed E-state index contributed by atoms with van der Waals surface area (Å²) >= 11 is 0. The molecule has 8 aliphatic rings. The standard InChI is InChI=1S/C48H82O17/c1-21-31(51)34(54)36(56)40(59-21)63-38-33(53)25(20-49)61-42(39(38)64-41-37(57)35(55)32(52)22(2)60-41)62-28-13-15-45(7)26(43(28,3)4)12-17-46(8)27(45)19-24(50)30-23(11-16-47(30,46)9)48(10)18-14-29(65-48)44(5,6)58/h21-42,49-58H,11-20H2,1-10H3. The van der Waals surface area contributed by atoms with Crippen LogP contribution in [0.3, 0.4) is 0 Å². The summed E-state index contributed by atoms with van der Waals surface area (Å²) in [6.45, 7) is 19.8. The van der Waals surface area contributed by atoms with Gasteiger partial charge in [0.25, 0.3) is 0 Å². The maximum atomic E-state index is 12.5. The monoisotopic (exact) mass is 931 g/mol. The van der Waals surface area contributed by atoms with Crippen LogP contribution in [0.25, 0.3) is 0 Å². The molecule has 17 heteroatoms. The van der Waals surface area contributed by atoms with E-state index < -0.39 is 128 Å². The second-order valence-corrected chi connectivity index (χ2v) is 23.8. The molecule has 17 nitrogen and oxygen atoms in total. The molecule has 10 N–H and O–H groups in total. The van der Waals surface area contributed by atoms with Gasteiger partial charge in [0, 0.05) is 0 Å². The van der Waals surface area contributed by atoms with E-state index in [1.807, 2.05) is 13.8 Å². The molecule has 4 saturated heterocycles. The molecule has 0 bridgehead atoms. The molecule has 4 heterocycles. The Labute approximate surface area is 384 Å². The summed E-state index contributed by atoms with van der Waals surface area (Å²) in [5.74, 6) is 0.562. The van der Waals surface area contributed by atoms with Crippen molar-refractivity contribution >= 4 is 0 Å². The van der Waals surface area contributed by atoms with Crippen molar-refractivity contribution in [1.82, 2.24) is 0 Å². The van der Waals surface area contributed by atoms with E-state index >= 15 is 0 Å². The van der Waals surface area contributed by atoms with Crippen LogP contribution in [-0.2, 0) is 33.2 Å². The minimum atomic E-state index is -1.76. The molecular formula is C48H82O17. The molecule has 0 aromatic rings. The molecular weight excluding hydrogens is 849 g/mol. The summed E-state index contributed by atoms with van der Waals surface area (Å²) in [7, 11) is 0. The number of hydrogen-bond donors (Lipinski definition) is 10. The molecule has 26 atom stereocenters. The molecule has 0 aromatic heterocycles. The van der Waals surface area contributed by atoms with E-state index in [1.54, 1.807) is 0 Å². The molecule has 26 unspecified atom stereocenters. The lowest BCUT2D eigenvalue weighted by atomic mass is 9.35. The average Bonchev–Trinajstić information content (AvgIpc) is 3.84. The Balaban J connectivity index is 1.06. The third-order valence-corrected chi connectivity index (χ3v) is 19.5. The molecule has 65 heavy (non-hydrogen) atoms. The first-order valence-corrected chi connectivity index (χ1v) is 24.5. The Hall–Kier alpha value is -0.680. The molecule has 4 saturated carbocycles. The summed E-state index contributed by atoms with van der Waals surface area (Å²) in [4.78, 5) is 0. The van der Waals surface area contributed by atoms with Gasteiger partial charge in [-0.3, -0.25) is 0 Å². The maximum absolute atomic E-state index is 12.5. The van der Waals surface area contributed by atoms with E-state index in [2.05, 4.69) is 41.5 Å². The topological polar surface area (TPSA) is 267 Å². The van der Waals surface area contributed by atoms with Crippen molar-refractivity contribution in [2.24, 2.45) is 45.3 Å². The van der Waals surface area contributed by atoms with Gasteiger partial charge in [-0.25, -0.2) is 0 Å². The average molecular weight is 931 g/mol. The summed E-state index contributed by atoms with van der Waals surface area (Å²) < 4.78 is 44.3. The van der Waals surface area contributed by atoms with E-state index in [-0.39, 0.29) is 46.0 Å². The van der Waals surface area contributed by atoms with Crippen molar-refractivity contribution in [2.75, 3.05) is 6.61 Å². The minimum Gasteiger partial charge on any atom is -0.394 e. The fourth-order valence-corrected chi connectivity index (χ4v) is 15.5. The zero-order valence-electron chi connectivity index (χ0n) is 40.1. The van der Waals surface area contributed by atoms with Crippen molar-refractivity contribution in [2.45, 2.75) is 249 Å². The van der Waals surface area contributed by atoms with Crippen LogP contribution in [-0.4, -0.2) is 179 Å². The quantitative estimate of drug-likeness (QED) is 0.146. The Morgan fingerprint density at radius 3 is 1.71 bits per heavy atom. The van der Waals surface area contributed by atoms with Crippen LogP contribution in [0.4, 0.5) is 0 Å². The van der Waals surface area contributed by atoms with Gasteiger partial charge < -0.3 is 84.2 Å². The molecule has 0 radical (unpaired) electrons. The number of aliphatic hydroxyl groups is 10. The summed E-state index contributed by atoms with van der Waals surface area (Å²) in [6.07, 6.45) is -16.0.